The third-order valence-corrected chi connectivity index (χ3v) is 22.4. The zero-order valence-electron chi connectivity index (χ0n) is 56.9. The van der Waals surface area contributed by atoms with Gasteiger partial charge in [-0.05, 0) is 157 Å². The van der Waals surface area contributed by atoms with E-state index in [2.05, 4.69) is 31.2 Å². The van der Waals surface area contributed by atoms with Crippen LogP contribution in [0.2, 0.25) is 5.02 Å². The van der Waals surface area contributed by atoms with E-state index in [-0.39, 0.29) is 36.4 Å². The van der Waals surface area contributed by atoms with Gasteiger partial charge in [-0.2, -0.15) is 30.2 Å². The molecule has 3 atom stereocenters. The third kappa shape index (κ3) is 16.2. The normalized spacial score (nSPS) is 16.7. The van der Waals surface area contributed by atoms with Crippen LogP contribution in [0.3, 0.4) is 0 Å². The van der Waals surface area contributed by atoms with Gasteiger partial charge < -0.3 is 30.2 Å². The summed E-state index contributed by atoms with van der Waals surface area (Å²) in [5.74, 6) is 3.32. The number of para-hydroxylation sites is 1. The Balaban J connectivity index is 0.000000135. The second kappa shape index (κ2) is 29.6. The Labute approximate surface area is 590 Å². The van der Waals surface area contributed by atoms with Crippen LogP contribution in [0.15, 0.2) is 152 Å². The molecule has 15 rings (SSSR count). The minimum atomic E-state index is -3.21. The van der Waals surface area contributed by atoms with E-state index in [1.165, 1.54) is 31.7 Å². The van der Waals surface area contributed by atoms with Gasteiger partial charge in [0.15, 0.2) is 17.5 Å². The van der Waals surface area contributed by atoms with Crippen molar-refractivity contribution in [3.8, 4) is 17.6 Å². The lowest BCUT2D eigenvalue weighted by Crippen LogP contribution is -2.41. The molecule has 12 heterocycles. The van der Waals surface area contributed by atoms with Crippen LogP contribution < -0.4 is 30.2 Å². The fourth-order valence-corrected chi connectivity index (χ4v) is 15.7. The number of nitrogens with one attached hydrogen (secondary N) is 3. The minimum absolute atomic E-state index is 0.0991. The lowest BCUT2D eigenvalue weighted by molar-refractivity contribution is 0.131. The van der Waals surface area contributed by atoms with Crippen LogP contribution in [0.1, 0.15) is 100 Å². The van der Waals surface area contributed by atoms with Crippen molar-refractivity contribution in [2.45, 2.75) is 103 Å². The highest BCUT2D eigenvalue weighted by Gasteiger charge is 2.31. The van der Waals surface area contributed by atoms with Crippen molar-refractivity contribution in [3.63, 3.8) is 0 Å². The topological polar surface area (TPSA) is 305 Å². The molecule has 31 heteroatoms. The Morgan fingerprint density at radius 1 is 0.416 bits per heavy atom. The van der Waals surface area contributed by atoms with Crippen molar-refractivity contribution in [2.24, 2.45) is 0 Å². The van der Waals surface area contributed by atoms with Crippen molar-refractivity contribution >= 4 is 108 Å². The Kier molecular flexibility index (Phi) is 20.6. The Hall–Kier alpha value is -9.43. The van der Waals surface area contributed by atoms with Crippen molar-refractivity contribution in [1.82, 2.24) is 71.7 Å². The van der Waals surface area contributed by atoms with Gasteiger partial charge in [0.25, 0.3) is 0 Å². The molecular formula is C70H79ClN18O9S3. The predicted octanol–water partition coefficient (Wildman–Crippen LogP) is 10.7. The molecule has 0 radical (unpaired) electrons. The average molecular weight is 1450 g/mol. The highest BCUT2D eigenvalue weighted by molar-refractivity contribution is 7.88. The first-order valence-corrected chi connectivity index (χ1v) is 39.3. The van der Waals surface area contributed by atoms with Gasteiger partial charge >= 0.3 is 0 Å². The monoisotopic (exact) mass is 1450 g/mol. The number of hydrogen-bond acceptors (Lipinski definition) is 21. The van der Waals surface area contributed by atoms with E-state index in [1.54, 1.807) is 29.2 Å². The molecule has 3 fully saturated rings. The third-order valence-electron chi connectivity index (χ3n) is 18.2. The summed E-state index contributed by atoms with van der Waals surface area (Å²) in [5, 5.41) is 26.3. The molecule has 9 aromatic heterocycles. The van der Waals surface area contributed by atoms with E-state index in [9.17, 15) is 25.3 Å². The number of piperidine rings is 3. The van der Waals surface area contributed by atoms with Gasteiger partial charge in [-0.1, -0.05) is 41.9 Å². The van der Waals surface area contributed by atoms with Gasteiger partial charge in [0.05, 0.1) is 108 Å². The number of hydrogen-bond donors (Lipinski definition) is 3. The Morgan fingerprint density at radius 2 is 0.762 bits per heavy atom. The standard InChI is InChI=1S/C24H28N6O3S.C23H25ClN6O3S.C23H26N6O3S/c1-16-6-4-7-20-22(16)24(33-18-10-14-29(15-11-18)34(3,31)32)28-23(27-20)17(2)26-19-9-12-25-30-13-5-8-21(19)30;1-15(26-18-8-11-25-30-12-4-7-20(18)30)22-27-19-6-3-5-17(24)21(19)23(28-22)33-16-9-13-29(14-10-16)34(2,31)32;1-16(25-20-9-12-24-29-13-5-8-21(20)29)22-26-19-7-4-3-6-18(19)23(27-22)32-17-10-14-28(15-11-17)33(2,30)31/h4-9,12-13,17-18,26H,10-11,14-15H2,1-3H3;3-8,11-12,15-16,26H,9-10,13-14H2,1-2H3;3-9,12-13,16-17,25H,10-11,14-15H2,1-2H3/t17-;15-;16-/m000/s1. The lowest BCUT2D eigenvalue weighted by atomic mass is 10.1. The van der Waals surface area contributed by atoms with Crippen molar-refractivity contribution in [3.05, 3.63) is 181 Å². The number of fused-ring (bicyclic) bond motifs is 6. The van der Waals surface area contributed by atoms with Gasteiger partial charge in [0, 0.05) is 76.4 Å². The van der Waals surface area contributed by atoms with Gasteiger partial charge in [-0.3, -0.25) is 0 Å². The Morgan fingerprint density at radius 3 is 1.18 bits per heavy atom. The number of halogens is 1. The molecule has 3 aliphatic heterocycles. The molecule has 3 aliphatic rings. The molecule has 3 N–H and O–H groups in total. The number of aromatic nitrogens is 12. The summed E-state index contributed by atoms with van der Waals surface area (Å²) in [6, 6.07) is 36.3. The number of anilines is 3. The number of aryl methyl sites for hydroxylation is 1. The summed E-state index contributed by atoms with van der Waals surface area (Å²) in [7, 11) is -9.57. The van der Waals surface area contributed by atoms with Crippen LogP contribution >= 0.6 is 11.6 Å². The molecule has 3 aromatic carbocycles. The van der Waals surface area contributed by atoms with Crippen LogP contribution in [0, 0.1) is 6.92 Å². The molecule has 0 bridgehead atoms. The number of sulfonamides is 3. The second-order valence-electron chi connectivity index (χ2n) is 25.6. The molecule has 0 amide bonds. The number of nitrogens with zero attached hydrogens (tertiary/aromatic N) is 15. The summed E-state index contributed by atoms with van der Waals surface area (Å²) in [6.07, 6.45) is 17.9. The van der Waals surface area contributed by atoms with Crippen molar-refractivity contribution in [1.29, 1.82) is 0 Å². The average Bonchev–Trinajstić information content (AvgIpc) is 1.63. The second-order valence-corrected chi connectivity index (χ2v) is 31.9. The summed E-state index contributed by atoms with van der Waals surface area (Å²) in [4.78, 5) is 28.7. The summed E-state index contributed by atoms with van der Waals surface area (Å²) < 4.78 is 99.9. The first-order chi connectivity index (χ1) is 48.5. The first-order valence-electron chi connectivity index (χ1n) is 33.4. The van der Waals surface area contributed by atoms with E-state index in [1.807, 2.05) is 165 Å². The van der Waals surface area contributed by atoms with Crippen LogP contribution in [-0.2, 0) is 30.1 Å². The molecule has 0 spiro atoms. The maximum atomic E-state index is 11.9. The zero-order valence-corrected chi connectivity index (χ0v) is 60.1. The number of rotatable bonds is 18. The summed E-state index contributed by atoms with van der Waals surface area (Å²) in [6.45, 7) is 10.7. The predicted molar refractivity (Wildman–Crippen MR) is 390 cm³/mol. The molecule has 0 unspecified atom stereocenters. The van der Waals surface area contributed by atoms with Crippen LogP contribution in [-0.4, -0.2) is 173 Å². The highest BCUT2D eigenvalue weighted by atomic mass is 35.5. The van der Waals surface area contributed by atoms with E-state index in [4.69, 9.17) is 55.7 Å². The molecule has 528 valence electrons. The van der Waals surface area contributed by atoms with Crippen LogP contribution in [0.25, 0.3) is 49.3 Å². The van der Waals surface area contributed by atoms with E-state index >= 15 is 0 Å². The number of ether oxygens (including phenoxy) is 3. The molecular weight excluding hydrogens is 1370 g/mol. The maximum absolute atomic E-state index is 11.9. The zero-order chi connectivity index (χ0) is 70.7. The molecule has 12 aromatic rings. The van der Waals surface area contributed by atoms with E-state index in [0.717, 1.165) is 61.0 Å². The van der Waals surface area contributed by atoms with E-state index < -0.39 is 30.1 Å². The fourth-order valence-electron chi connectivity index (χ4n) is 12.8. The molecule has 0 saturated carbocycles. The first kappa shape index (κ1) is 70.0. The molecule has 101 heavy (non-hydrogen) atoms. The van der Waals surface area contributed by atoms with Gasteiger partial charge in [0.1, 0.15) is 18.3 Å². The van der Waals surface area contributed by atoms with Crippen LogP contribution in [0.5, 0.6) is 17.6 Å². The largest absolute Gasteiger partial charge is 0.474 e. The molecule has 27 nitrogen and oxygen atoms in total. The maximum Gasteiger partial charge on any atom is 0.226 e. The van der Waals surface area contributed by atoms with E-state index in [0.29, 0.717) is 129 Å². The number of benzene rings is 3. The molecule has 0 aliphatic carbocycles. The van der Waals surface area contributed by atoms with Gasteiger partial charge in [-0.25, -0.2) is 66.7 Å². The van der Waals surface area contributed by atoms with Crippen molar-refractivity contribution in [2.75, 3.05) is 74.0 Å². The highest BCUT2D eigenvalue weighted by Crippen LogP contribution is 2.36. The summed E-state index contributed by atoms with van der Waals surface area (Å²) >= 11 is 6.50. The van der Waals surface area contributed by atoms with Crippen LogP contribution in [0.4, 0.5) is 17.1 Å². The quantitative estimate of drug-likeness (QED) is 0.0719. The lowest BCUT2D eigenvalue weighted by Gasteiger charge is -2.30. The molecule has 3 saturated heterocycles. The summed E-state index contributed by atoms with van der Waals surface area (Å²) in [5.41, 5.74) is 9.05. The van der Waals surface area contributed by atoms with Gasteiger partial charge in [0.2, 0.25) is 47.7 Å². The SMILES string of the molecule is C[C@H](Nc1ccnn2cccc12)c1nc(OC2CCN(S(C)(=O)=O)CC2)c2c(Cl)cccc2n1.C[C@H](Nc1ccnn2cccc12)c1nc(OC2CCN(S(C)(=O)=O)CC2)c2ccccc2n1.Cc1cccc2nc([C@H](C)Nc3ccnn4cccc34)nc(OC3CCN(S(C)(=O)=O)CC3)c12. The Bertz CT molecular complexity index is 5110. The fraction of sp³-hybridized carbons (Fsp3) is 0.357. The smallest absolute Gasteiger partial charge is 0.226 e. The van der Waals surface area contributed by atoms with Crippen molar-refractivity contribution < 1.29 is 39.5 Å². The van der Waals surface area contributed by atoms with Gasteiger partial charge in [-0.15, -0.1) is 0 Å². The minimum Gasteiger partial charge on any atom is -0.474 e.